The molecule has 2 aromatic carbocycles. The van der Waals surface area contributed by atoms with Crippen LogP contribution in [0.25, 0.3) is 6.08 Å². The quantitative estimate of drug-likeness (QED) is 0.783. The van der Waals surface area contributed by atoms with Crippen molar-refractivity contribution in [2.24, 2.45) is 4.99 Å². The first-order valence-electron chi connectivity index (χ1n) is 6.97. The second-order valence-corrected chi connectivity index (χ2v) is 6.49. The summed E-state index contributed by atoms with van der Waals surface area (Å²) in [7, 11) is -3.90. The summed E-state index contributed by atoms with van der Waals surface area (Å²) < 4.78 is 27.6. The molecule has 0 bridgehead atoms. The van der Waals surface area contributed by atoms with Crippen molar-refractivity contribution in [1.29, 1.82) is 0 Å². The summed E-state index contributed by atoms with van der Waals surface area (Å²) in [5, 5.41) is 8.87. The van der Waals surface area contributed by atoms with Gasteiger partial charge in [-0.1, -0.05) is 24.3 Å². The van der Waals surface area contributed by atoms with E-state index in [2.05, 4.69) is 16.4 Å². The number of anilines is 1. The Kier molecular flexibility index (Phi) is 5.15. The Balaban J connectivity index is 2.42. The van der Waals surface area contributed by atoms with Crippen molar-refractivity contribution < 1.29 is 18.3 Å². The number of rotatable bonds is 6. The number of carbonyl (C=O) groups is 1. The number of allylic oxidation sites excluding steroid dienone is 1. The van der Waals surface area contributed by atoms with Crippen LogP contribution in [0, 0.1) is 0 Å². The highest BCUT2D eigenvalue weighted by Gasteiger charge is 2.20. The van der Waals surface area contributed by atoms with E-state index < -0.39 is 16.0 Å². The number of nitrogens with one attached hydrogen (secondary N) is 1. The van der Waals surface area contributed by atoms with E-state index in [9.17, 15) is 13.2 Å². The van der Waals surface area contributed by atoms with Crippen molar-refractivity contribution in [3.63, 3.8) is 0 Å². The Hall–Kier alpha value is -2.93. The summed E-state index contributed by atoms with van der Waals surface area (Å²) in [6.45, 7) is 5.26. The monoisotopic (exact) mass is 344 g/mol. The molecule has 6 nitrogen and oxygen atoms in total. The third-order valence-corrected chi connectivity index (χ3v) is 4.62. The van der Waals surface area contributed by atoms with Crippen LogP contribution in [0.1, 0.15) is 22.8 Å². The zero-order valence-corrected chi connectivity index (χ0v) is 13.7. The molecule has 0 saturated carbocycles. The molecule has 0 unspecified atom stereocenters. The first-order chi connectivity index (χ1) is 11.4. The molecule has 2 rings (SSSR count). The fourth-order valence-electron chi connectivity index (χ4n) is 2.13. The van der Waals surface area contributed by atoms with Crippen molar-refractivity contribution >= 4 is 40.2 Å². The molecule has 0 amide bonds. The van der Waals surface area contributed by atoms with Crippen LogP contribution in [0.2, 0.25) is 0 Å². The SMILES string of the molecule is C=Nc1c(/C=C\C)cccc1S(=O)(=O)Nc1ccc(C(=O)O)cc1. The lowest BCUT2D eigenvalue weighted by Crippen LogP contribution is -2.13. The molecule has 124 valence electrons. The summed E-state index contributed by atoms with van der Waals surface area (Å²) in [5.41, 5.74) is 1.22. The minimum atomic E-state index is -3.90. The first kappa shape index (κ1) is 17.4. The van der Waals surface area contributed by atoms with Crippen LogP contribution in [0.4, 0.5) is 11.4 Å². The molecule has 0 atom stereocenters. The van der Waals surface area contributed by atoms with E-state index >= 15 is 0 Å². The number of hydrogen-bond acceptors (Lipinski definition) is 4. The molecule has 2 N–H and O–H groups in total. The van der Waals surface area contributed by atoms with Crippen LogP contribution in [-0.4, -0.2) is 26.2 Å². The first-order valence-corrected chi connectivity index (χ1v) is 8.46. The van der Waals surface area contributed by atoms with Gasteiger partial charge in [0.2, 0.25) is 0 Å². The highest BCUT2D eigenvalue weighted by atomic mass is 32.2. The molecule has 0 spiro atoms. The number of para-hydroxylation sites is 1. The lowest BCUT2D eigenvalue weighted by Gasteiger charge is -2.12. The molecule has 0 aliphatic heterocycles. The summed E-state index contributed by atoms with van der Waals surface area (Å²) >= 11 is 0. The molecule has 7 heteroatoms. The third kappa shape index (κ3) is 3.69. The average Bonchev–Trinajstić information content (AvgIpc) is 2.55. The maximum Gasteiger partial charge on any atom is 0.335 e. The minimum Gasteiger partial charge on any atom is -0.478 e. The lowest BCUT2D eigenvalue weighted by atomic mass is 10.1. The summed E-state index contributed by atoms with van der Waals surface area (Å²) in [5.74, 6) is -1.08. The number of hydrogen-bond donors (Lipinski definition) is 2. The molecule has 24 heavy (non-hydrogen) atoms. The predicted molar refractivity (Wildman–Crippen MR) is 94.6 cm³/mol. The Bertz CT molecular complexity index is 901. The van der Waals surface area contributed by atoms with Crippen molar-refractivity contribution in [2.75, 3.05) is 4.72 Å². The topological polar surface area (TPSA) is 95.8 Å². The van der Waals surface area contributed by atoms with Crippen molar-refractivity contribution in [1.82, 2.24) is 0 Å². The summed E-state index contributed by atoms with van der Waals surface area (Å²) in [6, 6.07) is 10.2. The Labute approximate surface area is 140 Å². The number of sulfonamides is 1. The summed E-state index contributed by atoms with van der Waals surface area (Å²) in [6.07, 6.45) is 3.52. The van der Waals surface area contributed by atoms with E-state index in [1.807, 2.05) is 6.92 Å². The number of benzene rings is 2. The second-order valence-electron chi connectivity index (χ2n) is 4.84. The van der Waals surface area contributed by atoms with Gasteiger partial charge in [0.25, 0.3) is 10.0 Å². The number of carboxylic acids is 1. The Morgan fingerprint density at radius 3 is 2.42 bits per heavy atom. The van der Waals surface area contributed by atoms with Gasteiger partial charge in [-0.25, -0.2) is 13.2 Å². The largest absolute Gasteiger partial charge is 0.478 e. The Morgan fingerprint density at radius 2 is 1.88 bits per heavy atom. The maximum absolute atomic E-state index is 12.6. The predicted octanol–water partition coefficient (Wildman–Crippen LogP) is 3.55. The highest BCUT2D eigenvalue weighted by molar-refractivity contribution is 7.92. The molecular formula is C17H16N2O4S. The average molecular weight is 344 g/mol. The Morgan fingerprint density at radius 1 is 1.21 bits per heavy atom. The smallest absolute Gasteiger partial charge is 0.335 e. The summed E-state index contributed by atoms with van der Waals surface area (Å²) in [4.78, 5) is 14.7. The van der Waals surface area contributed by atoms with Gasteiger partial charge in [0.05, 0.1) is 11.3 Å². The van der Waals surface area contributed by atoms with Crippen molar-refractivity contribution in [3.05, 3.63) is 59.7 Å². The lowest BCUT2D eigenvalue weighted by molar-refractivity contribution is 0.0697. The van der Waals surface area contributed by atoms with E-state index in [4.69, 9.17) is 5.11 Å². The maximum atomic E-state index is 12.6. The number of carboxylic acid groups (broad SMARTS) is 1. The van der Waals surface area contributed by atoms with Gasteiger partial charge in [-0.3, -0.25) is 9.71 Å². The van der Waals surface area contributed by atoms with Crippen LogP contribution < -0.4 is 4.72 Å². The van der Waals surface area contributed by atoms with E-state index in [-0.39, 0.29) is 21.8 Å². The standard InChI is InChI=1S/C17H16N2O4S/c1-3-5-12-6-4-7-15(16(12)18-2)24(22,23)19-14-10-8-13(9-11-14)17(20)21/h3-11,19H,2H2,1H3,(H,20,21)/b5-3-. The van der Waals surface area contributed by atoms with Crippen LogP contribution in [0.15, 0.2) is 58.4 Å². The van der Waals surface area contributed by atoms with Gasteiger partial charge >= 0.3 is 5.97 Å². The molecule has 0 aliphatic carbocycles. The molecule has 0 aromatic heterocycles. The fraction of sp³-hybridized carbons (Fsp3) is 0.0588. The number of nitrogens with zero attached hydrogens (tertiary/aromatic N) is 1. The molecule has 0 fully saturated rings. The third-order valence-electron chi connectivity index (χ3n) is 3.21. The van der Waals surface area contributed by atoms with E-state index in [0.29, 0.717) is 5.56 Å². The van der Waals surface area contributed by atoms with E-state index in [0.717, 1.165) is 0 Å². The number of aliphatic imine (C=N–C) groups is 1. The molecule has 0 aliphatic rings. The zero-order chi connectivity index (χ0) is 17.7. The van der Waals surface area contributed by atoms with Gasteiger partial charge < -0.3 is 5.11 Å². The zero-order valence-electron chi connectivity index (χ0n) is 12.9. The van der Waals surface area contributed by atoms with Gasteiger partial charge in [0, 0.05) is 11.3 Å². The normalized spacial score (nSPS) is 11.4. The van der Waals surface area contributed by atoms with Crippen molar-refractivity contribution in [3.8, 4) is 0 Å². The van der Waals surface area contributed by atoms with E-state index in [1.165, 1.54) is 30.3 Å². The van der Waals surface area contributed by atoms with Crippen LogP contribution in [0.5, 0.6) is 0 Å². The van der Waals surface area contributed by atoms with E-state index in [1.54, 1.807) is 24.3 Å². The van der Waals surface area contributed by atoms with Gasteiger partial charge in [0.1, 0.15) is 4.90 Å². The van der Waals surface area contributed by atoms with Gasteiger partial charge in [-0.15, -0.1) is 0 Å². The minimum absolute atomic E-state index is 0.00425. The number of aromatic carboxylic acids is 1. The van der Waals surface area contributed by atoms with Crippen LogP contribution in [0.3, 0.4) is 0 Å². The van der Waals surface area contributed by atoms with Gasteiger partial charge in [0.15, 0.2) is 0 Å². The molecule has 0 saturated heterocycles. The van der Waals surface area contributed by atoms with Crippen LogP contribution in [-0.2, 0) is 10.0 Å². The van der Waals surface area contributed by atoms with Crippen LogP contribution >= 0.6 is 0 Å². The fourth-order valence-corrected chi connectivity index (χ4v) is 3.38. The highest BCUT2D eigenvalue weighted by Crippen LogP contribution is 2.30. The molecular weight excluding hydrogens is 328 g/mol. The second kappa shape index (κ2) is 7.10. The van der Waals surface area contributed by atoms with Gasteiger partial charge in [-0.05, 0) is 44.0 Å². The van der Waals surface area contributed by atoms with Crippen molar-refractivity contribution in [2.45, 2.75) is 11.8 Å². The molecule has 0 heterocycles. The molecule has 0 radical (unpaired) electrons. The molecule has 2 aromatic rings. The van der Waals surface area contributed by atoms with Gasteiger partial charge in [-0.2, -0.15) is 0 Å².